The van der Waals surface area contributed by atoms with Crippen LogP contribution in [0, 0.1) is 0 Å². The van der Waals surface area contributed by atoms with Crippen molar-refractivity contribution >= 4 is 17.3 Å². The van der Waals surface area contributed by atoms with E-state index in [4.69, 9.17) is 0 Å². The van der Waals surface area contributed by atoms with Crippen molar-refractivity contribution in [2.75, 3.05) is 56.0 Å². The summed E-state index contributed by atoms with van der Waals surface area (Å²) in [5, 5.41) is 6.28. The fourth-order valence-electron chi connectivity index (χ4n) is 2.70. The molecule has 5 nitrogen and oxygen atoms in total. The minimum absolute atomic E-state index is 0.0824. The van der Waals surface area contributed by atoms with Crippen molar-refractivity contribution in [1.29, 1.82) is 0 Å². The molecule has 19 heavy (non-hydrogen) atoms. The first-order valence-corrected chi connectivity index (χ1v) is 6.90. The van der Waals surface area contributed by atoms with Crippen LogP contribution in [0.2, 0.25) is 0 Å². The number of anilines is 2. The van der Waals surface area contributed by atoms with Gasteiger partial charge in [0.1, 0.15) is 0 Å². The number of fused-ring (bicyclic) bond motifs is 1. The maximum atomic E-state index is 11.7. The predicted octanol–water partition coefficient (Wildman–Crippen LogP) is 0.350. The van der Waals surface area contributed by atoms with Gasteiger partial charge in [0.2, 0.25) is 5.91 Å². The van der Waals surface area contributed by atoms with E-state index in [9.17, 15) is 4.79 Å². The highest BCUT2D eigenvalue weighted by Crippen LogP contribution is 2.28. The summed E-state index contributed by atoms with van der Waals surface area (Å²) in [6.07, 6.45) is 0. The number of nitrogens with one attached hydrogen (secondary N) is 2. The van der Waals surface area contributed by atoms with Crippen LogP contribution in [-0.4, -0.2) is 56.6 Å². The zero-order valence-electron chi connectivity index (χ0n) is 11.1. The lowest BCUT2D eigenvalue weighted by Gasteiger charge is -2.34. The largest absolute Gasteiger partial charge is 0.359 e. The molecule has 1 aromatic rings. The minimum Gasteiger partial charge on any atom is -0.359 e. The molecule has 2 N–H and O–H groups in total. The molecule has 0 bridgehead atoms. The normalized spacial score (nSPS) is 20.0. The molecule has 5 heteroatoms. The number of nitrogens with zero attached hydrogens (tertiary/aromatic N) is 2. The quantitative estimate of drug-likeness (QED) is 0.823. The van der Waals surface area contributed by atoms with E-state index in [1.807, 2.05) is 18.2 Å². The summed E-state index contributed by atoms with van der Waals surface area (Å²) >= 11 is 0. The molecule has 0 unspecified atom stereocenters. The SMILES string of the molecule is O=C1CN(CCN2CCNCC2)c2ccccc2N1. The third-order valence-corrected chi connectivity index (χ3v) is 3.75. The smallest absolute Gasteiger partial charge is 0.243 e. The van der Waals surface area contributed by atoms with Crippen LogP contribution in [0.3, 0.4) is 0 Å². The Kier molecular flexibility index (Phi) is 3.66. The van der Waals surface area contributed by atoms with Crippen LogP contribution in [0.15, 0.2) is 24.3 Å². The summed E-state index contributed by atoms with van der Waals surface area (Å²) in [6.45, 7) is 6.72. The molecule has 0 saturated carbocycles. The van der Waals surface area contributed by atoms with E-state index in [1.54, 1.807) is 0 Å². The van der Waals surface area contributed by atoms with Crippen LogP contribution >= 0.6 is 0 Å². The first kappa shape index (κ1) is 12.4. The van der Waals surface area contributed by atoms with Gasteiger partial charge in [0.05, 0.1) is 17.9 Å². The Morgan fingerprint density at radius 3 is 2.74 bits per heavy atom. The molecular formula is C14H20N4O. The molecule has 3 rings (SSSR count). The highest BCUT2D eigenvalue weighted by molar-refractivity contribution is 6.01. The third kappa shape index (κ3) is 2.88. The average Bonchev–Trinajstić information content (AvgIpc) is 2.45. The van der Waals surface area contributed by atoms with Crippen molar-refractivity contribution in [3.05, 3.63) is 24.3 Å². The van der Waals surface area contributed by atoms with Crippen LogP contribution in [0.5, 0.6) is 0 Å². The standard InChI is InChI=1S/C14H20N4O/c19-14-11-18(10-9-17-7-5-15-6-8-17)13-4-2-1-3-12(13)16-14/h1-4,15H,5-11H2,(H,16,19). The average molecular weight is 260 g/mol. The van der Waals surface area contributed by atoms with Gasteiger partial charge in [0.25, 0.3) is 0 Å². The topological polar surface area (TPSA) is 47.6 Å². The monoisotopic (exact) mass is 260 g/mol. The van der Waals surface area contributed by atoms with Crippen molar-refractivity contribution < 1.29 is 4.79 Å². The Morgan fingerprint density at radius 1 is 1.11 bits per heavy atom. The highest BCUT2D eigenvalue weighted by atomic mass is 16.2. The van der Waals surface area contributed by atoms with Crippen molar-refractivity contribution in [3.63, 3.8) is 0 Å². The van der Waals surface area contributed by atoms with Gasteiger partial charge in [-0.05, 0) is 12.1 Å². The highest BCUT2D eigenvalue weighted by Gasteiger charge is 2.21. The lowest BCUT2D eigenvalue weighted by atomic mass is 10.2. The van der Waals surface area contributed by atoms with E-state index in [2.05, 4.69) is 26.5 Å². The molecule has 102 valence electrons. The summed E-state index contributed by atoms with van der Waals surface area (Å²) in [7, 11) is 0. The van der Waals surface area contributed by atoms with Crippen molar-refractivity contribution in [3.8, 4) is 0 Å². The molecule has 0 radical (unpaired) electrons. The van der Waals surface area contributed by atoms with Gasteiger partial charge in [0.15, 0.2) is 0 Å². The van der Waals surface area contributed by atoms with Crippen LogP contribution in [-0.2, 0) is 4.79 Å². The van der Waals surface area contributed by atoms with Gasteiger partial charge in [-0.2, -0.15) is 0 Å². The molecule has 1 aromatic carbocycles. The number of rotatable bonds is 3. The molecule has 1 fully saturated rings. The summed E-state index contributed by atoms with van der Waals surface area (Å²) in [6, 6.07) is 8.02. The number of benzene rings is 1. The van der Waals surface area contributed by atoms with E-state index in [1.165, 1.54) is 0 Å². The molecule has 2 aliphatic rings. The van der Waals surface area contributed by atoms with Crippen molar-refractivity contribution in [2.24, 2.45) is 0 Å². The van der Waals surface area contributed by atoms with E-state index >= 15 is 0 Å². The number of hydrogen-bond acceptors (Lipinski definition) is 4. The first-order chi connectivity index (χ1) is 9.33. The number of hydrogen-bond donors (Lipinski definition) is 2. The van der Waals surface area contributed by atoms with E-state index in [0.717, 1.165) is 50.6 Å². The summed E-state index contributed by atoms with van der Waals surface area (Å²) in [5.41, 5.74) is 2.07. The Bertz CT molecular complexity index is 457. The Balaban J connectivity index is 1.65. The molecule has 1 amide bonds. The maximum Gasteiger partial charge on any atom is 0.243 e. The molecule has 1 saturated heterocycles. The van der Waals surface area contributed by atoms with Crippen LogP contribution in [0.25, 0.3) is 0 Å². The van der Waals surface area contributed by atoms with Crippen LogP contribution in [0.4, 0.5) is 11.4 Å². The zero-order chi connectivity index (χ0) is 13.1. The first-order valence-electron chi connectivity index (χ1n) is 6.90. The molecule has 2 heterocycles. The zero-order valence-corrected chi connectivity index (χ0v) is 11.1. The number of para-hydroxylation sites is 2. The molecule has 0 aromatic heterocycles. The van der Waals surface area contributed by atoms with Gasteiger partial charge in [-0.25, -0.2) is 0 Å². The third-order valence-electron chi connectivity index (χ3n) is 3.75. The molecule has 0 aliphatic carbocycles. The van der Waals surface area contributed by atoms with E-state index < -0.39 is 0 Å². The van der Waals surface area contributed by atoms with Crippen LogP contribution in [0.1, 0.15) is 0 Å². The molecule has 0 atom stereocenters. The Hall–Kier alpha value is -1.59. The van der Waals surface area contributed by atoms with E-state index in [-0.39, 0.29) is 5.91 Å². The molecular weight excluding hydrogens is 240 g/mol. The number of amides is 1. The Morgan fingerprint density at radius 2 is 1.89 bits per heavy atom. The summed E-state index contributed by atoms with van der Waals surface area (Å²) in [5.74, 6) is 0.0824. The fourth-order valence-corrected chi connectivity index (χ4v) is 2.70. The minimum atomic E-state index is 0.0824. The van der Waals surface area contributed by atoms with Gasteiger partial charge >= 0.3 is 0 Å². The predicted molar refractivity (Wildman–Crippen MR) is 76.6 cm³/mol. The molecule has 0 spiro atoms. The lowest BCUT2D eigenvalue weighted by molar-refractivity contribution is -0.115. The van der Waals surface area contributed by atoms with E-state index in [0.29, 0.717) is 6.54 Å². The van der Waals surface area contributed by atoms with Crippen LogP contribution < -0.4 is 15.5 Å². The number of carbonyl (C=O) groups is 1. The maximum absolute atomic E-state index is 11.7. The molecule has 2 aliphatic heterocycles. The van der Waals surface area contributed by atoms with Gasteiger partial charge in [-0.1, -0.05) is 12.1 Å². The second-order valence-electron chi connectivity index (χ2n) is 5.08. The van der Waals surface area contributed by atoms with Crippen molar-refractivity contribution in [2.45, 2.75) is 0 Å². The summed E-state index contributed by atoms with van der Waals surface area (Å²) < 4.78 is 0. The summed E-state index contributed by atoms with van der Waals surface area (Å²) in [4.78, 5) is 16.3. The van der Waals surface area contributed by atoms with Crippen molar-refractivity contribution in [1.82, 2.24) is 10.2 Å². The van der Waals surface area contributed by atoms with Gasteiger partial charge < -0.3 is 15.5 Å². The second kappa shape index (κ2) is 5.59. The Labute approximate surface area is 113 Å². The van der Waals surface area contributed by atoms with Gasteiger partial charge in [-0.15, -0.1) is 0 Å². The van der Waals surface area contributed by atoms with Gasteiger partial charge in [-0.3, -0.25) is 9.69 Å². The van der Waals surface area contributed by atoms with Gasteiger partial charge in [0, 0.05) is 39.3 Å². The number of carbonyl (C=O) groups excluding carboxylic acids is 1. The number of piperazine rings is 1. The lowest BCUT2D eigenvalue weighted by Crippen LogP contribution is -2.48. The fraction of sp³-hybridized carbons (Fsp3) is 0.500. The second-order valence-corrected chi connectivity index (χ2v) is 5.08.